The third-order valence-corrected chi connectivity index (χ3v) is 9.49. The maximum Gasteiger partial charge on any atom is 0.318 e. The lowest BCUT2D eigenvalue weighted by molar-refractivity contribution is -0.129. The Labute approximate surface area is 246 Å². The topological polar surface area (TPSA) is 95.8 Å². The number of aromatic nitrogens is 5. The molecule has 7 rings (SSSR count). The molecular formula is C31H39N9O2. The van der Waals surface area contributed by atoms with Gasteiger partial charge in [0.05, 0.1) is 24.5 Å². The Morgan fingerprint density at radius 2 is 2.02 bits per heavy atom. The number of hydrogen-bond acceptors (Lipinski definition) is 9. The van der Waals surface area contributed by atoms with E-state index in [0.717, 1.165) is 50.4 Å². The minimum Gasteiger partial charge on any atom is -0.462 e. The van der Waals surface area contributed by atoms with Crippen molar-refractivity contribution in [3.8, 4) is 6.01 Å². The Bertz CT molecular complexity index is 1440. The normalized spacial score (nSPS) is 24.2. The zero-order chi connectivity index (χ0) is 28.6. The summed E-state index contributed by atoms with van der Waals surface area (Å²) >= 11 is 0. The summed E-state index contributed by atoms with van der Waals surface area (Å²) in [5.41, 5.74) is 5.11. The Morgan fingerprint density at radius 3 is 2.83 bits per heavy atom. The highest BCUT2D eigenvalue weighted by Crippen LogP contribution is 2.42. The summed E-state index contributed by atoms with van der Waals surface area (Å²) in [6.07, 6.45) is 9.45. The van der Waals surface area contributed by atoms with Gasteiger partial charge in [0.25, 0.3) is 0 Å². The molecule has 2 fully saturated rings. The van der Waals surface area contributed by atoms with Crippen molar-refractivity contribution in [2.75, 3.05) is 44.7 Å². The zero-order valence-electron chi connectivity index (χ0n) is 24.3. The number of anilines is 1. The summed E-state index contributed by atoms with van der Waals surface area (Å²) < 4.78 is 8.10. The van der Waals surface area contributed by atoms with Crippen LogP contribution in [-0.2, 0) is 30.8 Å². The molecule has 11 nitrogen and oxygen atoms in total. The molecule has 0 radical (unpaired) electrons. The van der Waals surface area contributed by atoms with Crippen LogP contribution in [0.3, 0.4) is 0 Å². The van der Waals surface area contributed by atoms with Crippen LogP contribution in [-0.4, -0.2) is 97.5 Å². The number of likely N-dealkylation sites (N-methyl/N-ethyl adjacent to an activating group) is 1. The Balaban J connectivity index is 1.18. The fraction of sp³-hybridized carbons (Fsp3) is 0.516. The molecule has 3 atom stereocenters. The van der Waals surface area contributed by atoms with Gasteiger partial charge in [-0.2, -0.15) is 9.97 Å². The standard InChI is InChI=1S/C31H39N9O2/c1-3-29(41)40-16-15-37(17-24(40)18-39-14-12-32-35-39)30-26-19-38(28-11-10-22-7-4-5-9-25(22)28)20-27(26)33-31(34-30)42-21-23-8-6-13-36(23)2/h3-5,7,9,12,14,23-24,28H,1,6,8,10-11,13,15-21H2,2H3/t23-,24+,28?/m0/s1. The molecule has 4 aliphatic rings. The van der Waals surface area contributed by atoms with Gasteiger partial charge < -0.3 is 19.4 Å². The molecule has 0 spiro atoms. The van der Waals surface area contributed by atoms with Gasteiger partial charge in [-0.05, 0) is 56.5 Å². The first-order valence-electron chi connectivity index (χ1n) is 15.1. The highest BCUT2D eigenvalue weighted by Gasteiger charge is 2.38. The van der Waals surface area contributed by atoms with E-state index in [1.54, 1.807) is 10.9 Å². The number of piperazine rings is 1. The van der Waals surface area contributed by atoms with E-state index in [9.17, 15) is 4.79 Å². The molecule has 3 aliphatic heterocycles. The van der Waals surface area contributed by atoms with Gasteiger partial charge in [-0.3, -0.25) is 14.4 Å². The van der Waals surface area contributed by atoms with Gasteiger partial charge in [0, 0.05) is 56.6 Å². The number of ether oxygens (including phenoxy) is 1. The van der Waals surface area contributed by atoms with Crippen molar-refractivity contribution in [3.63, 3.8) is 0 Å². The monoisotopic (exact) mass is 569 g/mol. The minimum atomic E-state index is -0.104. The number of fused-ring (bicyclic) bond motifs is 2. The van der Waals surface area contributed by atoms with E-state index in [1.807, 2.05) is 11.1 Å². The molecule has 220 valence electrons. The Kier molecular flexibility index (Phi) is 7.37. The van der Waals surface area contributed by atoms with Gasteiger partial charge in [0.15, 0.2) is 0 Å². The molecule has 2 aromatic heterocycles. The van der Waals surface area contributed by atoms with Crippen LogP contribution in [0.25, 0.3) is 0 Å². The zero-order valence-corrected chi connectivity index (χ0v) is 24.3. The molecular weight excluding hydrogens is 530 g/mol. The molecule has 1 aliphatic carbocycles. The number of carbonyl (C=O) groups is 1. The lowest BCUT2D eigenvalue weighted by Gasteiger charge is -2.42. The average Bonchev–Trinajstić information content (AvgIpc) is 3.82. The minimum absolute atomic E-state index is 0.0662. The first kappa shape index (κ1) is 27.0. The molecule has 2 saturated heterocycles. The summed E-state index contributed by atoms with van der Waals surface area (Å²) in [4.78, 5) is 32.0. The van der Waals surface area contributed by atoms with Crippen molar-refractivity contribution in [3.05, 3.63) is 71.7 Å². The fourth-order valence-electron chi connectivity index (χ4n) is 7.22. The summed E-state index contributed by atoms with van der Waals surface area (Å²) in [5, 5.41) is 8.13. The van der Waals surface area contributed by atoms with Gasteiger partial charge in [-0.25, -0.2) is 0 Å². The third kappa shape index (κ3) is 5.15. The van der Waals surface area contributed by atoms with E-state index >= 15 is 0 Å². The second-order valence-electron chi connectivity index (χ2n) is 12.0. The number of carbonyl (C=O) groups excluding carboxylic acids is 1. The predicted molar refractivity (Wildman–Crippen MR) is 158 cm³/mol. The van der Waals surface area contributed by atoms with Gasteiger partial charge >= 0.3 is 6.01 Å². The van der Waals surface area contributed by atoms with Crippen molar-refractivity contribution in [1.82, 2.24) is 39.7 Å². The average molecular weight is 570 g/mol. The molecule has 42 heavy (non-hydrogen) atoms. The van der Waals surface area contributed by atoms with E-state index in [2.05, 4.69) is 62.9 Å². The van der Waals surface area contributed by atoms with Crippen LogP contribution < -0.4 is 9.64 Å². The Hall–Kier alpha value is -3.83. The van der Waals surface area contributed by atoms with Crippen LogP contribution in [0.5, 0.6) is 6.01 Å². The number of rotatable bonds is 8. The van der Waals surface area contributed by atoms with E-state index in [-0.39, 0.29) is 11.9 Å². The van der Waals surface area contributed by atoms with Crippen molar-refractivity contribution < 1.29 is 9.53 Å². The van der Waals surface area contributed by atoms with E-state index in [1.165, 1.54) is 29.2 Å². The molecule has 1 aromatic carbocycles. The number of amides is 1. The summed E-state index contributed by atoms with van der Waals surface area (Å²) in [6.45, 7) is 9.43. The van der Waals surface area contributed by atoms with Crippen molar-refractivity contribution in [1.29, 1.82) is 0 Å². The number of nitrogens with zero attached hydrogens (tertiary/aromatic N) is 9. The molecule has 5 heterocycles. The second-order valence-corrected chi connectivity index (χ2v) is 12.0. The number of hydrogen-bond donors (Lipinski definition) is 0. The van der Waals surface area contributed by atoms with Gasteiger partial charge in [0.1, 0.15) is 12.4 Å². The molecule has 3 aromatic rings. The first-order chi connectivity index (χ1) is 20.6. The number of likely N-dealkylation sites (tertiary alicyclic amines) is 1. The molecule has 0 saturated carbocycles. The molecule has 0 bridgehead atoms. The first-order valence-corrected chi connectivity index (χ1v) is 15.1. The molecule has 1 amide bonds. The van der Waals surface area contributed by atoms with Crippen molar-refractivity contribution >= 4 is 11.7 Å². The Morgan fingerprint density at radius 1 is 1.12 bits per heavy atom. The smallest absolute Gasteiger partial charge is 0.318 e. The summed E-state index contributed by atoms with van der Waals surface area (Å²) in [7, 11) is 2.16. The van der Waals surface area contributed by atoms with Gasteiger partial charge in [0.2, 0.25) is 5.91 Å². The van der Waals surface area contributed by atoms with Crippen LogP contribution in [0.2, 0.25) is 0 Å². The maximum absolute atomic E-state index is 12.8. The van der Waals surface area contributed by atoms with Crippen LogP contribution in [0, 0.1) is 0 Å². The lowest BCUT2D eigenvalue weighted by Crippen LogP contribution is -2.56. The fourth-order valence-corrected chi connectivity index (χ4v) is 7.22. The van der Waals surface area contributed by atoms with E-state index in [4.69, 9.17) is 14.7 Å². The van der Waals surface area contributed by atoms with Crippen LogP contribution in [0.4, 0.5) is 5.82 Å². The van der Waals surface area contributed by atoms with E-state index in [0.29, 0.717) is 50.9 Å². The summed E-state index contributed by atoms with van der Waals surface area (Å²) in [5.74, 6) is 0.862. The van der Waals surface area contributed by atoms with Crippen LogP contribution in [0.15, 0.2) is 49.3 Å². The quantitative estimate of drug-likeness (QED) is 0.379. The highest BCUT2D eigenvalue weighted by molar-refractivity contribution is 5.87. The van der Waals surface area contributed by atoms with Gasteiger partial charge in [-0.15, -0.1) is 5.10 Å². The maximum atomic E-state index is 12.8. The second kappa shape index (κ2) is 11.4. The van der Waals surface area contributed by atoms with Crippen molar-refractivity contribution in [2.45, 2.75) is 63.4 Å². The van der Waals surface area contributed by atoms with Crippen LogP contribution in [0.1, 0.15) is 47.7 Å². The van der Waals surface area contributed by atoms with E-state index < -0.39 is 0 Å². The predicted octanol–water partition coefficient (Wildman–Crippen LogP) is 2.45. The van der Waals surface area contributed by atoms with Crippen LogP contribution >= 0.6 is 0 Å². The largest absolute Gasteiger partial charge is 0.462 e. The third-order valence-electron chi connectivity index (χ3n) is 9.49. The summed E-state index contributed by atoms with van der Waals surface area (Å²) in [6, 6.07) is 9.94. The number of benzene rings is 1. The molecule has 11 heteroatoms. The SMILES string of the molecule is C=CC(=O)N1CCN(c2nc(OC[C@@H]3CCCN3C)nc3c2CN(C2CCc4ccccc42)C3)C[C@@H]1Cn1ccnn1. The molecule has 0 N–H and O–H groups in total. The lowest BCUT2D eigenvalue weighted by atomic mass is 10.1. The number of aryl methyl sites for hydroxylation is 1. The highest BCUT2D eigenvalue weighted by atomic mass is 16.5. The van der Waals surface area contributed by atoms with Gasteiger partial charge in [-0.1, -0.05) is 36.1 Å². The molecule has 1 unspecified atom stereocenters. The van der Waals surface area contributed by atoms with Crippen molar-refractivity contribution in [2.24, 2.45) is 0 Å².